The van der Waals surface area contributed by atoms with Crippen molar-refractivity contribution >= 4 is 0 Å². The van der Waals surface area contributed by atoms with Crippen LogP contribution in [0.1, 0.15) is 79.6 Å². The maximum absolute atomic E-state index is 14.7. The first-order valence-corrected chi connectivity index (χ1v) is 11.7. The lowest BCUT2D eigenvalue weighted by molar-refractivity contribution is -0.539. The molecule has 0 aliphatic rings. The molecule has 0 aromatic heterocycles. The first-order valence-electron chi connectivity index (χ1n) is 11.7. The van der Waals surface area contributed by atoms with Crippen LogP contribution in [0.15, 0.2) is 0 Å². The molecule has 0 saturated heterocycles. The minimum atomic E-state index is -4.51. The van der Waals surface area contributed by atoms with Crippen LogP contribution >= 0.6 is 0 Å². The Morgan fingerprint density at radius 3 is 1.13 bits per heavy atom. The molecule has 4 nitrogen and oxygen atoms in total. The van der Waals surface area contributed by atoms with E-state index in [1.54, 1.807) is 0 Å². The first-order chi connectivity index (χ1) is 17.1. The lowest BCUT2D eigenvalue weighted by Crippen LogP contribution is -2.64. The van der Waals surface area contributed by atoms with Gasteiger partial charge in [-0.15, -0.1) is 0 Å². The summed E-state index contributed by atoms with van der Waals surface area (Å²) < 4.78 is 182. The second-order valence-corrected chi connectivity index (χ2v) is 9.22. The van der Waals surface area contributed by atoms with E-state index >= 15 is 0 Å². The average molecular weight is 590 g/mol. The van der Waals surface area contributed by atoms with E-state index in [0.29, 0.717) is 12.8 Å². The zero-order valence-corrected chi connectivity index (χ0v) is 21.5. The van der Waals surface area contributed by atoms with Crippen LogP contribution in [-0.2, 0) is 18.9 Å². The lowest BCUT2D eigenvalue weighted by Gasteiger charge is -2.47. The monoisotopic (exact) mass is 590 g/mol. The number of hydrogen-bond acceptors (Lipinski definition) is 4. The molecule has 0 aromatic carbocycles. The van der Waals surface area contributed by atoms with Crippen molar-refractivity contribution in [3.05, 3.63) is 0 Å². The van der Waals surface area contributed by atoms with Gasteiger partial charge < -0.3 is 4.74 Å². The Labute approximate surface area is 213 Å². The highest BCUT2D eigenvalue weighted by Crippen LogP contribution is 2.45. The number of unbranched alkanes of at least 4 members (excludes halogenated alkanes) is 5. The molecular formula is C22H34F12O4. The number of ether oxygens (including phenoxy) is 4. The fourth-order valence-electron chi connectivity index (χ4n) is 2.98. The molecule has 0 bridgehead atoms. The number of hydrogen-bond donors (Lipinski definition) is 0. The van der Waals surface area contributed by atoms with Crippen molar-refractivity contribution in [3.8, 4) is 0 Å². The highest BCUT2D eigenvalue weighted by atomic mass is 19.3. The summed E-state index contributed by atoms with van der Waals surface area (Å²) in [7, 11) is 0. The third kappa shape index (κ3) is 11.2. The van der Waals surface area contributed by atoms with Gasteiger partial charge in [-0.2, -0.15) is 0 Å². The largest absolute Gasteiger partial charge is 0.330 e. The summed E-state index contributed by atoms with van der Waals surface area (Å²) in [6.45, 7) is 1.53. The van der Waals surface area contributed by atoms with Crippen LogP contribution in [0, 0.1) is 0 Å². The number of alkyl halides is 12. The highest BCUT2D eigenvalue weighted by Gasteiger charge is 2.63. The van der Waals surface area contributed by atoms with Crippen molar-refractivity contribution in [2.75, 3.05) is 0 Å². The molecule has 5 unspecified atom stereocenters. The molecule has 0 aliphatic heterocycles. The Hall–Kier alpha value is -1.00. The van der Waals surface area contributed by atoms with E-state index in [0.717, 1.165) is 12.8 Å². The molecule has 16 heteroatoms. The third-order valence-electron chi connectivity index (χ3n) is 5.17. The van der Waals surface area contributed by atoms with Crippen LogP contribution in [0.4, 0.5) is 52.7 Å². The molecule has 0 aromatic rings. The molecule has 0 N–H and O–H groups in total. The van der Waals surface area contributed by atoms with Gasteiger partial charge in [0.2, 0.25) is 0 Å². The van der Waals surface area contributed by atoms with E-state index in [-0.39, 0.29) is 40.5 Å². The standard InChI is InChI=1S/C22H34F12O4/c1-6-7-8-9-10-11-12-13(35-18(2,31)14(23)24)22(36-19(3,32)15(25)26,37-20(4,33)16(27)28)38-21(5,34)17(29)30/h13-17H,6-12H2,1-5H3. The minimum Gasteiger partial charge on any atom is -0.330 e. The van der Waals surface area contributed by atoms with Gasteiger partial charge in [0, 0.05) is 27.7 Å². The van der Waals surface area contributed by atoms with Gasteiger partial charge in [0.25, 0.3) is 49.1 Å². The van der Waals surface area contributed by atoms with Gasteiger partial charge in [0.05, 0.1) is 0 Å². The summed E-state index contributed by atoms with van der Waals surface area (Å²) in [6.07, 6.45) is -18.4. The minimum absolute atomic E-state index is 0.0436. The zero-order valence-electron chi connectivity index (χ0n) is 21.5. The average Bonchev–Trinajstić information content (AvgIpc) is 2.73. The summed E-state index contributed by atoms with van der Waals surface area (Å²) in [5.41, 5.74) is 0. The summed E-state index contributed by atoms with van der Waals surface area (Å²) >= 11 is 0. The van der Waals surface area contributed by atoms with E-state index in [9.17, 15) is 52.7 Å². The fraction of sp³-hybridized carbons (Fsp3) is 1.00. The van der Waals surface area contributed by atoms with Gasteiger partial charge >= 0.3 is 5.97 Å². The lowest BCUT2D eigenvalue weighted by atomic mass is 10.0. The topological polar surface area (TPSA) is 36.9 Å². The molecule has 0 aliphatic carbocycles. The van der Waals surface area contributed by atoms with Gasteiger partial charge in [-0.25, -0.2) is 52.7 Å². The van der Waals surface area contributed by atoms with Crippen molar-refractivity contribution in [3.63, 3.8) is 0 Å². The van der Waals surface area contributed by atoms with E-state index in [1.165, 1.54) is 0 Å². The Balaban J connectivity index is 6.97. The van der Waals surface area contributed by atoms with E-state index in [1.807, 2.05) is 6.92 Å². The summed E-state index contributed by atoms with van der Waals surface area (Å²) in [5, 5.41) is 0. The number of halogens is 12. The van der Waals surface area contributed by atoms with Crippen molar-refractivity contribution in [2.24, 2.45) is 0 Å². The molecule has 5 atom stereocenters. The summed E-state index contributed by atoms with van der Waals surface area (Å²) in [6, 6.07) is 0. The summed E-state index contributed by atoms with van der Waals surface area (Å²) in [5.74, 6) is -22.0. The van der Waals surface area contributed by atoms with Crippen molar-refractivity contribution in [1.29, 1.82) is 0 Å². The quantitative estimate of drug-likeness (QED) is 0.0809. The van der Waals surface area contributed by atoms with Gasteiger partial charge in [0.1, 0.15) is 6.10 Å². The second-order valence-electron chi connectivity index (χ2n) is 9.22. The smallest absolute Gasteiger partial charge is 0.319 e. The van der Waals surface area contributed by atoms with Crippen LogP contribution in [0.25, 0.3) is 0 Å². The Kier molecular flexibility index (Phi) is 14.2. The Bertz CT molecular complexity index is 620. The van der Waals surface area contributed by atoms with Crippen LogP contribution in [0.5, 0.6) is 0 Å². The molecule has 0 radical (unpaired) electrons. The SMILES string of the molecule is CCCCCCCCC(OC(C)(F)C(F)F)C(OC(C)(F)C(F)F)(OC(C)(F)C(F)F)OC(C)(F)C(F)F. The first kappa shape index (κ1) is 37.0. The van der Waals surface area contributed by atoms with Gasteiger partial charge in [-0.3, -0.25) is 14.2 Å². The molecule has 230 valence electrons. The molecule has 0 heterocycles. The van der Waals surface area contributed by atoms with Crippen molar-refractivity contribution < 1.29 is 71.6 Å². The van der Waals surface area contributed by atoms with Crippen LogP contribution < -0.4 is 0 Å². The predicted octanol–water partition coefficient (Wildman–Crippen LogP) is 8.63. The fourth-order valence-corrected chi connectivity index (χ4v) is 2.98. The van der Waals surface area contributed by atoms with Crippen LogP contribution in [0.3, 0.4) is 0 Å². The normalized spacial score (nSPS) is 21.7. The third-order valence-corrected chi connectivity index (χ3v) is 5.17. The van der Waals surface area contributed by atoms with E-state index < -0.39 is 67.6 Å². The molecular weight excluding hydrogens is 556 g/mol. The van der Waals surface area contributed by atoms with Gasteiger partial charge in [-0.1, -0.05) is 45.4 Å². The van der Waals surface area contributed by atoms with E-state index in [4.69, 9.17) is 0 Å². The molecule has 38 heavy (non-hydrogen) atoms. The Morgan fingerprint density at radius 1 is 0.500 bits per heavy atom. The van der Waals surface area contributed by atoms with Gasteiger partial charge in [0.15, 0.2) is 0 Å². The molecule has 0 spiro atoms. The van der Waals surface area contributed by atoms with Crippen LogP contribution in [0.2, 0.25) is 0 Å². The number of rotatable bonds is 20. The van der Waals surface area contributed by atoms with Gasteiger partial charge in [-0.05, 0) is 6.42 Å². The van der Waals surface area contributed by atoms with Crippen LogP contribution in [-0.4, -0.2) is 61.2 Å². The van der Waals surface area contributed by atoms with Crippen molar-refractivity contribution in [1.82, 2.24) is 0 Å². The molecule has 0 rings (SSSR count). The maximum atomic E-state index is 14.7. The van der Waals surface area contributed by atoms with Crippen molar-refractivity contribution in [2.45, 2.75) is 141 Å². The Morgan fingerprint density at radius 2 is 0.816 bits per heavy atom. The van der Waals surface area contributed by atoms with E-state index in [2.05, 4.69) is 18.9 Å². The maximum Gasteiger partial charge on any atom is 0.319 e. The molecule has 0 fully saturated rings. The molecule has 0 amide bonds. The highest BCUT2D eigenvalue weighted by molar-refractivity contribution is 4.86. The zero-order chi connectivity index (χ0) is 30.2. The molecule has 0 saturated carbocycles. The summed E-state index contributed by atoms with van der Waals surface area (Å²) in [4.78, 5) is 0. The predicted molar refractivity (Wildman–Crippen MR) is 111 cm³/mol. The second kappa shape index (κ2) is 14.6.